The normalized spacial score (nSPS) is 22.7. The molecule has 17 heavy (non-hydrogen) atoms. The van der Waals surface area contributed by atoms with E-state index in [0.717, 1.165) is 12.1 Å². The molecule has 0 aliphatic heterocycles. The summed E-state index contributed by atoms with van der Waals surface area (Å²) in [6.07, 6.45) is 2.59. The summed E-state index contributed by atoms with van der Waals surface area (Å²) in [4.78, 5) is 0. The number of hydrogen-bond acceptors (Lipinski definition) is 3. The maximum atomic E-state index is 5.90. The quantitative estimate of drug-likeness (QED) is 0.815. The van der Waals surface area contributed by atoms with E-state index in [1.807, 2.05) is 0 Å². The van der Waals surface area contributed by atoms with Gasteiger partial charge >= 0.3 is 0 Å². The highest BCUT2D eigenvalue weighted by Crippen LogP contribution is 2.46. The molecule has 2 atom stereocenters. The molecule has 0 bridgehead atoms. The number of fused-ring (bicyclic) bond motifs is 1. The Labute approximate surface area is 101 Å². The Hall–Kier alpha value is -1.77. The minimum Gasteiger partial charge on any atom is -0.395 e. The summed E-state index contributed by atoms with van der Waals surface area (Å²) < 4.78 is 4.96. The van der Waals surface area contributed by atoms with Gasteiger partial charge in [0.2, 0.25) is 0 Å². The molecular formula is C14H16N2O. The molecule has 3 rings (SSSR count). The molecular weight excluding hydrogens is 212 g/mol. The second kappa shape index (κ2) is 3.62. The Kier molecular flexibility index (Phi) is 2.21. The minimum atomic E-state index is 0.291. The average Bonchev–Trinajstić information content (AvgIpc) is 2.84. The number of hydrogen-bond donors (Lipinski definition) is 1. The molecule has 0 radical (unpaired) electrons. The van der Waals surface area contributed by atoms with Crippen molar-refractivity contribution in [2.45, 2.75) is 32.1 Å². The number of nitrogens with zero attached hydrogens (tertiary/aromatic N) is 1. The molecule has 2 N–H and O–H groups in total. The SMILES string of the molecule is Cc1ccc2c(c1)C(C)CC2c1nocc1N. The van der Waals surface area contributed by atoms with E-state index < -0.39 is 0 Å². The first-order valence-electron chi connectivity index (χ1n) is 5.97. The fourth-order valence-electron chi connectivity index (χ4n) is 2.82. The van der Waals surface area contributed by atoms with Gasteiger partial charge in [0.05, 0.1) is 5.69 Å². The molecule has 3 heteroatoms. The largest absolute Gasteiger partial charge is 0.395 e. The predicted octanol–water partition coefficient (Wildman–Crippen LogP) is 3.20. The van der Waals surface area contributed by atoms with E-state index in [1.165, 1.54) is 23.0 Å². The van der Waals surface area contributed by atoms with Crippen molar-refractivity contribution in [3.05, 3.63) is 46.8 Å². The number of aromatic nitrogens is 1. The second-order valence-electron chi connectivity index (χ2n) is 4.98. The zero-order valence-electron chi connectivity index (χ0n) is 10.1. The first-order valence-corrected chi connectivity index (χ1v) is 5.97. The second-order valence-corrected chi connectivity index (χ2v) is 4.98. The Morgan fingerprint density at radius 3 is 2.88 bits per heavy atom. The van der Waals surface area contributed by atoms with Crippen LogP contribution in [0.4, 0.5) is 5.69 Å². The van der Waals surface area contributed by atoms with Crippen LogP contribution in [0.15, 0.2) is 29.0 Å². The third kappa shape index (κ3) is 1.54. The van der Waals surface area contributed by atoms with Crippen molar-refractivity contribution >= 4 is 5.69 Å². The van der Waals surface area contributed by atoms with Gasteiger partial charge in [-0.2, -0.15) is 0 Å². The van der Waals surface area contributed by atoms with Gasteiger partial charge in [0.25, 0.3) is 0 Å². The van der Waals surface area contributed by atoms with E-state index in [2.05, 4.69) is 37.2 Å². The maximum absolute atomic E-state index is 5.90. The molecule has 0 fully saturated rings. The molecule has 1 aromatic carbocycles. The fourth-order valence-corrected chi connectivity index (χ4v) is 2.82. The van der Waals surface area contributed by atoms with Gasteiger partial charge in [-0.3, -0.25) is 0 Å². The van der Waals surface area contributed by atoms with Crippen molar-refractivity contribution < 1.29 is 4.52 Å². The molecule has 0 amide bonds. The van der Waals surface area contributed by atoms with Crippen LogP contribution < -0.4 is 5.73 Å². The van der Waals surface area contributed by atoms with Gasteiger partial charge in [-0.1, -0.05) is 35.8 Å². The highest BCUT2D eigenvalue weighted by Gasteiger charge is 2.32. The number of nitrogens with two attached hydrogens (primary N) is 1. The monoisotopic (exact) mass is 228 g/mol. The zero-order valence-corrected chi connectivity index (χ0v) is 10.1. The van der Waals surface area contributed by atoms with Gasteiger partial charge in [-0.25, -0.2) is 0 Å². The van der Waals surface area contributed by atoms with Crippen LogP contribution >= 0.6 is 0 Å². The van der Waals surface area contributed by atoms with E-state index in [1.54, 1.807) is 0 Å². The number of benzene rings is 1. The summed E-state index contributed by atoms with van der Waals surface area (Å²) in [7, 11) is 0. The van der Waals surface area contributed by atoms with Crippen molar-refractivity contribution in [2.75, 3.05) is 5.73 Å². The molecule has 1 aromatic heterocycles. The van der Waals surface area contributed by atoms with Gasteiger partial charge in [0.15, 0.2) is 0 Å². The lowest BCUT2D eigenvalue weighted by Gasteiger charge is -2.08. The summed E-state index contributed by atoms with van der Waals surface area (Å²) in [5.74, 6) is 0.852. The van der Waals surface area contributed by atoms with Crippen LogP contribution in [0.2, 0.25) is 0 Å². The van der Waals surface area contributed by atoms with Crippen molar-refractivity contribution in [1.29, 1.82) is 0 Å². The van der Waals surface area contributed by atoms with Gasteiger partial charge in [-0.15, -0.1) is 0 Å². The van der Waals surface area contributed by atoms with Gasteiger partial charge in [-0.05, 0) is 30.4 Å². The molecule has 0 spiro atoms. The summed E-state index contributed by atoms with van der Waals surface area (Å²) in [5.41, 5.74) is 11.5. The van der Waals surface area contributed by atoms with E-state index in [0.29, 0.717) is 17.5 Å². The highest BCUT2D eigenvalue weighted by molar-refractivity contribution is 5.51. The molecule has 0 saturated carbocycles. The van der Waals surface area contributed by atoms with E-state index in [-0.39, 0.29) is 0 Å². The zero-order chi connectivity index (χ0) is 12.0. The molecule has 88 valence electrons. The van der Waals surface area contributed by atoms with Crippen LogP contribution in [-0.4, -0.2) is 5.16 Å². The molecule has 2 aromatic rings. The number of aryl methyl sites for hydroxylation is 1. The van der Waals surface area contributed by atoms with Crippen molar-refractivity contribution in [3.8, 4) is 0 Å². The molecule has 1 aliphatic rings. The van der Waals surface area contributed by atoms with Crippen LogP contribution in [0.25, 0.3) is 0 Å². The average molecular weight is 228 g/mol. The lowest BCUT2D eigenvalue weighted by atomic mass is 9.96. The van der Waals surface area contributed by atoms with E-state index >= 15 is 0 Å². The number of anilines is 1. The van der Waals surface area contributed by atoms with Gasteiger partial charge in [0.1, 0.15) is 12.0 Å². The Bertz CT molecular complexity index is 559. The Morgan fingerprint density at radius 1 is 1.35 bits per heavy atom. The molecule has 1 aliphatic carbocycles. The number of nitrogen functional groups attached to an aromatic ring is 1. The summed E-state index contributed by atoms with van der Waals surface area (Å²) in [6.45, 7) is 4.39. The smallest absolute Gasteiger partial charge is 0.147 e. The van der Waals surface area contributed by atoms with E-state index in [4.69, 9.17) is 10.3 Å². The highest BCUT2D eigenvalue weighted by atomic mass is 16.5. The standard InChI is InChI=1S/C14H16N2O/c1-8-3-4-10-11(5-8)9(2)6-12(10)14-13(15)7-17-16-14/h3-5,7,9,12H,6,15H2,1-2H3. The van der Waals surface area contributed by atoms with Crippen LogP contribution in [0.3, 0.4) is 0 Å². The molecule has 3 nitrogen and oxygen atoms in total. The predicted molar refractivity (Wildman–Crippen MR) is 67.0 cm³/mol. The minimum absolute atomic E-state index is 0.291. The third-order valence-corrected chi connectivity index (χ3v) is 3.69. The summed E-state index contributed by atoms with van der Waals surface area (Å²) in [5, 5.41) is 4.05. The first-order chi connectivity index (χ1) is 8.16. The maximum Gasteiger partial charge on any atom is 0.147 e. The first kappa shape index (κ1) is 10.4. The Morgan fingerprint density at radius 2 is 2.18 bits per heavy atom. The topological polar surface area (TPSA) is 52.0 Å². The lowest BCUT2D eigenvalue weighted by Crippen LogP contribution is -2.00. The molecule has 2 unspecified atom stereocenters. The van der Waals surface area contributed by atoms with Crippen molar-refractivity contribution in [3.63, 3.8) is 0 Å². The third-order valence-electron chi connectivity index (χ3n) is 3.69. The molecule has 0 saturated heterocycles. The Balaban J connectivity index is 2.10. The van der Waals surface area contributed by atoms with Crippen LogP contribution in [0.5, 0.6) is 0 Å². The van der Waals surface area contributed by atoms with E-state index in [9.17, 15) is 0 Å². The van der Waals surface area contributed by atoms with Crippen LogP contribution in [0, 0.1) is 6.92 Å². The van der Waals surface area contributed by atoms with Gasteiger partial charge < -0.3 is 10.3 Å². The van der Waals surface area contributed by atoms with Gasteiger partial charge in [0, 0.05) is 5.92 Å². The van der Waals surface area contributed by atoms with Crippen molar-refractivity contribution in [2.24, 2.45) is 0 Å². The molecule has 1 heterocycles. The van der Waals surface area contributed by atoms with Crippen LogP contribution in [0.1, 0.15) is 47.6 Å². The summed E-state index contributed by atoms with van der Waals surface area (Å²) >= 11 is 0. The summed E-state index contributed by atoms with van der Waals surface area (Å²) in [6, 6.07) is 6.63. The van der Waals surface area contributed by atoms with Crippen LogP contribution in [-0.2, 0) is 0 Å². The van der Waals surface area contributed by atoms with Crippen molar-refractivity contribution in [1.82, 2.24) is 5.16 Å². The number of rotatable bonds is 1. The fraction of sp³-hybridized carbons (Fsp3) is 0.357. The lowest BCUT2D eigenvalue weighted by molar-refractivity contribution is 0.407.